The Morgan fingerprint density at radius 3 is 1.62 bits per heavy atom. The summed E-state index contributed by atoms with van der Waals surface area (Å²) in [5, 5.41) is 1.74. The van der Waals surface area contributed by atoms with E-state index in [1.165, 1.54) is 0 Å². The van der Waals surface area contributed by atoms with Crippen LogP contribution in [0, 0.1) is 11.8 Å². The third-order valence-corrected chi connectivity index (χ3v) is 4.63. The lowest BCUT2D eigenvalue weighted by atomic mass is 10.0. The molecule has 0 aliphatic carbocycles. The molecule has 0 radical (unpaired) electrons. The van der Waals surface area contributed by atoms with E-state index in [-0.39, 0.29) is 11.9 Å². The van der Waals surface area contributed by atoms with Crippen molar-refractivity contribution in [1.29, 1.82) is 0 Å². The van der Waals surface area contributed by atoms with Crippen LogP contribution in [0.3, 0.4) is 0 Å². The van der Waals surface area contributed by atoms with Crippen molar-refractivity contribution in [1.82, 2.24) is 0 Å². The van der Waals surface area contributed by atoms with Crippen molar-refractivity contribution >= 4 is 22.7 Å². The van der Waals surface area contributed by atoms with E-state index < -0.39 is 0 Å². The Kier molecular flexibility index (Phi) is 4.86. The molecule has 6 heteroatoms. The second-order valence-electron chi connectivity index (χ2n) is 6.78. The second-order valence-corrected chi connectivity index (χ2v) is 6.78. The van der Waals surface area contributed by atoms with Crippen molar-refractivity contribution in [2.75, 3.05) is 39.6 Å². The van der Waals surface area contributed by atoms with E-state index in [2.05, 4.69) is 0 Å². The number of esters is 2. The van der Waals surface area contributed by atoms with Gasteiger partial charge in [-0.2, -0.15) is 0 Å². The lowest BCUT2D eigenvalue weighted by Gasteiger charge is -2.25. The molecule has 0 amide bonds. The third kappa shape index (κ3) is 3.71. The molecular formula is C20H20O6. The fourth-order valence-electron chi connectivity index (χ4n) is 2.82. The molecule has 0 saturated carbocycles. The highest BCUT2D eigenvalue weighted by molar-refractivity contribution is 5.99. The maximum absolute atomic E-state index is 12.2. The molecule has 2 heterocycles. The van der Waals surface area contributed by atoms with Gasteiger partial charge in [-0.15, -0.1) is 0 Å². The van der Waals surface area contributed by atoms with Crippen molar-refractivity contribution in [2.24, 2.45) is 11.8 Å². The van der Waals surface area contributed by atoms with Gasteiger partial charge >= 0.3 is 11.9 Å². The first kappa shape index (κ1) is 17.0. The van der Waals surface area contributed by atoms with Gasteiger partial charge in [0.2, 0.25) is 0 Å². The summed E-state index contributed by atoms with van der Waals surface area (Å²) in [6.07, 6.45) is 0. The molecule has 136 valence electrons. The normalized spacial score (nSPS) is 17.4. The molecule has 0 bridgehead atoms. The van der Waals surface area contributed by atoms with Gasteiger partial charge < -0.3 is 18.9 Å². The van der Waals surface area contributed by atoms with Crippen molar-refractivity contribution in [3.05, 3.63) is 47.5 Å². The summed E-state index contributed by atoms with van der Waals surface area (Å²) in [4.78, 5) is 24.4. The van der Waals surface area contributed by atoms with Crippen LogP contribution >= 0.6 is 0 Å². The standard InChI is InChI=1S/C20H20O6/c21-19(25-11-13-7-23-8-13)16-3-1-15-2-4-17(6-18(15)5-16)20(22)26-12-14-9-24-10-14/h1-6,13-14H,7-12H2. The van der Waals surface area contributed by atoms with E-state index >= 15 is 0 Å². The summed E-state index contributed by atoms with van der Waals surface area (Å²) >= 11 is 0. The molecule has 4 rings (SSSR count). The number of hydrogen-bond donors (Lipinski definition) is 0. The van der Waals surface area contributed by atoms with Gasteiger partial charge in [0, 0.05) is 11.8 Å². The first-order valence-corrected chi connectivity index (χ1v) is 8.72. The zero-order valence-electron chi connectivity index (χ0n) is 14.3. The minimum atomic E-state index is -0.364. The minimum Gasteiger partial charge on any atom is -0.462 e. The minimum absolute atomic E-state index is 0.293. The largest absolute Gasteiger partial charge is 0.462 e. The molecular weight excluding hydrogens is 336 g/mol. The van der Waals surface area contributed by atoms with Crippen LogP contribution in [-0.4, -0.2) is 51.6 Å². The number of fused-ring (bicyclic) bond motifs is 1. The summed E-state index contributed by atoms with van der Waals surface area (Å²) in [5.74, 6) is -0.141. The Morgan fingerprint density at radius 2 is 1.23 bits per heavy atom. The van der Waals surface area contributed by atoms with E-state index in [1.54, 1.807) is 24.3 Å². The molecule has 2 aliphatic heterocycles. The van der Waals surface area contributed by atoms with Crippen LogP contribution in [0.4, 0.5) is 0 Å². The maximum atomic E-state index is 12.2. The molecule has 2 saturated heterocycles. The molecule has 2 fully saturated rings. The van der Waals surface area contributed by atoms with E-state index in [0.717, 1.165) is 10.8 Å². The molecule has 0 spiro atoms. The average molecular weight is 356 g/mol. The highest BCUT2D eigenvalue weighted by atomic mass is 16.6. The number of carbonyl (C=O) groups excluding carboxylic acids is 2. The molecule has 0 aromatic heterocycles. The highest BCUT2D eigenvalue weighted by Crippen LogP contribution is 2.20. The third-order valence-electron chi connectivity index (χ3n) is 4.63. The molecule has 0 atom stereocenters. The summed E-state index contributed by atoms with van der Waals surface area (Å²) in [6, 6.07) is 10.6. The summed E-state index contributed by atoms with van der Waals surface area (Å²) in [5.41, 5.74) is 0.935. The molecule has 0 unspecified atom stereocenters. The van der Waals surface area contributed by atoms with Crippen LogP contribution in [0.25, 0.3) is 10.8 Å². The zero-order valence-corrected chi connectivity index (χ0v) is 14.3. The molecule has 2 aromatic carbocycles. The van der Waals surface area contributed by atoms with E-state index in [9.17, 15) is 9.59 Å². The smallest absolute Gasteiger partial charge is 0.338 e. The van der Waals surface area contributed by atoms with Gasteiger partial charge in [-0.1, -0.05) is 12.1 Å². The monoisotopic (exact) mass is 356 g/mol. The molecule has 26 heavy (non-hydrogen) atoms. The predicted octanol–water partition coefficient (Wildman–Crippen LogP) is 2.45. The molecule has 0 N–H and O–H groups in total. The van der Waals surface area contributed by atoms with Crippen molar-refractivity contribution in [2.45, 2.75) is 0 Å². The number of ether oxygens (including phenoxy) is 4. The van der Waals surface area contributed by atoms with Crippen LogP contribution in [-0.2, 0) is 18.9 Å². The Balaban J connectivity index is 1.44. The second kappa shape index (κ2) is 7.43. The number of benzene rings is 2. The summed E-state index contributed by atoms with van der Waals surface area (Å²) < 4.78 is 20.8. The first-order chi connectivity index (χ1) is 12.7. The van der Waals surface area contributed by atoms with Crippen LogP contribution in [0.15, 0.2) is 36.4 Å². The zero-order chi connectivity index (χ0) is 17.9. The predicted molar refractivity (Wildman–Crippen MR) is 93.1 cm³/mol. The van der Waals surface area contributed by atoms with Gasteiger partial charge in [-0.25, -0.2) is 9.59 Å². The molecule has 2 aliphatic rings. The quantitative estimate of drug-likeness (QED) is 0.741. The van der Waals surface area contributed by atoms with E-state index in [0.29, 0.717) is 62.6 Å². The Bertz CT molecular complexity index is 757. The Labute approximate surface area is 151 Å². The van der Waals surface area contributed by atoms with Crippen LogP contribution < -0.4 is 0 Å². The van der Waals surface area contributed by atoms with Crippen molar-refractivity contribution < 1.29 is 28.5 Å². The van der Waals surface area contributed by atoms with Gasteiger partial charge in [-0.05, 0) is 35.0 Å². The van der Waals surface area contributed by atoms with Gasteiger partial charge in [-0.3, -0.25) is 0 Å². The molecule has 6 nitrogen and oxygen atoms in total. The first-order valence-electron chi connectivity index (χ1n) is 8.72. The fraction of sp³-hybridized carbons (Fsp3) is 0.400. The lowest BCUT2D eigenvalue weighted by Crippen LogP contribution is -2.32. The van der Waals surface area contributed by atoms with Crippen molar-refractivity contribution in [3.8, 4) is 0 Å². The van der Waals surface area contributed by atoms with Crippen molar-refractivity contribution in [3.63, 3.8) is 0 Å². The van der Waals surface area contributed by atoms with Gasteiger partial charge in [0.1, 0.15) is 0 Å². The summed E-state index contributed by atoms with van der Waals surface area (Å²) in [7, 11) is 0. The summed E-state index contributed by atoms with van der Waals surface area (Å²) in [6.45, 7) is 3.31. The van der Waals surface area contributed by atoms with Crippen LogP contribution in [0.5, 0.6) is 0 Å². The average Bonchev–Trinajstić information content (AvgIpc) is 2.57. The maximum Gasteiger partial charge on any atom is 0.338 e. The Hall–Kier alpha value is -2.44. The van der Waals surface area contributed by atoms with E-state index in [1.807, 2.05) is 12.1 Å². The van der Waals surface area contributed by atoms with Gasteiger partial charge in [0.15, 0.2) is 0 Å². The SMILES string of the molecule is O=C(OCC1COC1)c1ccc2ccc(C(=O)OCC3COC3)cc2c1. The lowest BCUT2D eigenvalue weighted by molar-refractivity contribution is -0.0616. The molecule has 2 aromatic rings. The van der Waals surface area contributed by atoms with Gasteiger partial charge in [0.05, 0.1) is 50.8 Å². The fourth-order valence-corrected chi connectivity index (χ4v) is 2.82. The number of carbonyl (C=O) groups is 2. The topological polar surface area (TPSA) is 71.1 Å². The van der Waals surface area contributed by atoms with Gasteiger partial charge in [0.25, 0.3) is 0 Å². The van der Waals surface area contributed by atoms with E-state index in [4.69, 9.17) is 18.9 Å². The number of rotatable bonds is 6. The Morgan fingerprint density at radius 1 is 0.769 bits per heavy atom. The number of hydrogen-bond acceptors (Lipinski definition) is 6. The van der Waals surface area contributed by atoms with Crippen LogP contribution in [0.2, 0.25) is 0 Å². The van der Waals surface area contributed by atoms with Crippen LogP contribution in [0.1, 0.15) is 20.7 Å². The highest BCUT2D eigenvalue weighted by Gasteiger charge is 2.22.